The summed E-state index contributed by atoms with van der Waals surface area (Å²) < 4.78 is 21.4. The van der Waals surface area contributed by atoms with Crippen molar-refractivity contribution in [1.82, 2.24) is 0 Å². The van der Waals surface area contributed by atoms with E-state index in [4.69, 9.17) is 16.4 Å². The van der Waals surface area contributed by atoms with Crippen molar-refractivity contribution >= 4 is 44.7 Å². The van der Waals surface area contributed by atoms with Crippen molar-refractivity contribution in [3.63, 3.8) is 0 Å². The summed E-state index contributed by atoms with van der Waals surface area (Å²) in [5, 5.41) is -3.13. The van der Waals surface area contributed by atoms with Gasteiger partial charge in [0.1, 0.15) is 5.02 Å². The van der Waals surface area contributed by atoms with Gasteiger partial charge in [0.05, 0.1) is 0 Å². The molecule has 0 aromatic heterocycles. The van der Waals surface area contributed by atoms with Crippen LogP contribution >= 0.6 is 15.2 Å². The maximum Gasteiger partial charge on any atom is 1.00 e. The topological polar surface area (TPSA) is 176 Å². The molecule has 2 unspecified atom stereocenters. The van der Waals surface area contributed by atoms with Crippen LogP contribution in [0.2, 0.25) is 0 Å². The van der Waals surface area contributed by atoms with Crippen molar-refractivity contribution < 1.29 is 117 Å². The molecule has 93 valence electrons. The van der Waals surface area contributed by atoms with Gasteiger partial charge in [0, 0.05) is 29.6 Å². The van der Waals surface area contributed by atoms with Crippen LogP contribution in [0, 0.1) is 0 Å². The molecule has 0 aromatic carbocycles. The van der Waals surface area contributed by atoms with Crippen molar-refractivity contribution in [2.45, 2.75) is 24.3 Å². The second-order valence-corrected chi connectivity index (χ2v) is 7.13. The van der Waals surface area contributed by atoms with E-state index in [1.54, 1.807) is 0 Å². The maximum atomic E-state index is 10.7. The Morgan fingerprint density at radius 2 is 1.42 bits per heavy atom. The molecule has 0 heterocycles. The van der Waals surface area contributed by atoms with Gasteiger partial charge in [-0.1, -0.05) is 0 Å². The van der Waals surface area contributed by atoms with Gasteiger partial charge >= 0.3 is 88.7 Å². The van der Waals surface area contributed by atoms with Gasteiger partial charge in [0.25, 0.3) is 0 Å². The van der Waals surface area contributed by atoms with E-state index in [1.807, 2.05) is 0 Å². The largest absolute Gasteiger partial charge is 1.00 e. The Balaban J connectivity index is -0.000000163. The van der Waals surface area contributed by atoms with Crippen LogP contribution in [0.15, 0.2) is 0 Å². The minimum absolute atomic E-state index is 0. The molecule has 14 heteroatoms. The Bertz CT molecular complexity index is 288. The minimum Gasteiger partial charge on any atom is -0.809 e. The predicted octanol–water partition coefficient (Wildman–Crippen LogP) is -12.2. The smallest absolute Gasteiger partial charge is 0.809 e. The molecule has 0 saturated heterocycles. The molecular weight excluding hydrogens is 338 g/mol. The van der Waals surface area contributed by atoms with Crippen LogP contribution in [-0.4, -0.2) is 46.0 Å². The molecule has 0 aliphatic heterocycles. The van der Waals surface area contributed by atoms with Crippen LogP contribution in [0.1, 0.15) is 19.3 Å². The van der Waals surface area contributed by atoms with E-state index in [0.29, 0.717) is 6.42 Å². The molecular formula is C5H13N2Na4O6P2. The Morgan fingerprint density at radius 3 is 1.63 bits per heavy atom. The van der Waals surface area contributed by atoms with Crippen LogP contribution in [0.5, 0.6) is 0 Å². The first kappa shape index (κ1) is 34.5. The molecule has 0 fully saturated rings. The third kappa shape index (κ3) is 11.4. The zero-order valence-corrected chi connectivity index (χ0v) is 21.7. The number of hydrogen-bond acceptors (Lipinski definition) is 7. The maximum absolute atomic E-state index is 10.7. The molecule has 0 amide bonds. The Kier molecular flexibility index (Phi) is 26.5. The molecule has 8 nitrogen and oxygen atoms in total. The zero-order valence-electron chi connectivity index (χ0n) is 11.9. The van der Waals surface area contributed by atoms with E-state index in [9.17, 15) is 23.8 Å². The average molecular weight is 351 g/mol. The fourth-order valence-electron chi connectivity index (χ4n) is 0.963. The summed E-state index contributed by atoms with van der Waals surface area (Å²) in [6.45, 7) is 0.201. The minimum atomic E-state index is -5.64. The van der Waals surface area contributed by atoms with Crippen molar-refractivity contribution in [1.29, 1.82) is 0 Å². The van der Waals surface area contributed by atoms with Gasteiger partial charge in [0.15, 0.2) is 7.60 Å². The Morgan fingerprint density at radius 1 is 1.05 bits per heavy atom. The summed E-state index contributed by atoms with van der Waals surface area (Å²) in [7, 11) is -11.1. The van der Waals surface area contributed by atoms with Gasteiger partial charge < -0.3 is 40.2 Å². The Labute approximate surface area is 201 Å². The molecule has 0 spiro atoms. The van der Waals surface area contributed by atoms with Gasteiger partial charge in [0.2, 0.25) is 0 Å². The summed E-state index contributed by atoms with van der Waals surface area (Å²) >= 11 is 0. The zero-order chi connectivity index (χ0) is 12.3. The summed E-state index contributed by atoms with van der Waals surface area (Å²) in [4.78, 5) is 40.7. The van der Waals surface area contributed by atoms with Crippen LogP contribution < -0.4 is 115 Å². The fourth-order valence-corrected chi connectivity index (χ4v) is 3.07. The van der Waals surface area contributed by atoms with Gasteiger partial charge in [-0.15, -0.1) is 0 Å². The van der Waals surface area contributed by atoms with E-state index in [2.05, 4.69) is 0 Å². The molecule has 5 N–H and O–H groups in total. The molecule has 0 aliphatic rings. The van der Waals surface area contributed by atoms with Gasteiger partial charge in [-0.25, -0.2) is 0 Å². The molecule has 2 atom stereocenters. The van der Waals surface area contributed by atoms with Gasteiger partial charge in [-0.2, -0.15) is 0 Å². The molecule has 0 aliphatic carbocycles. The second kappa shape index (κ2) is 14.6. The quantitative estimate of drug-likeness (QED) is 0.240. The molecule has 0 bridgehead atoms. The number of rotatable bonds is 6. The SMILES string of the molecule is NCCCCC(N)(P(=O)([O-])[O-])P(=O)([O-])O.[Na+].[Na+].[Na+].[Na]. The van der Waals surface area contributed by atoms with Crippen molar-refractivity contribution in [3.05, 3.63) is 0 Å². The molecule has 0 saturated carbocycles. The van der Waals surface area contributed by atoms with Gasteiger partial charge in [-0.05, 0) is 33.4 Å². The first-order chi connectivity index (χ1) is 6.56. The first-order valence-electron chi connectivity index (χ1n) is 4.11. The number of hydrogen-bond donors (Lipinski definition) is 3. The molecule has 19 heavy (non-hydrogen) atoms. The van der Waals surface area contributed by atoms with Crippen molar-refractivity contribution in [2.24, 2.45) is 11.5 Å². The second-order valence-electron chi connectivity index (χ2n) is 3.14. The standard InChI is InChI=1S/C5H16N2O6P2.4Na/c6-4-2-1-3-5(7,14(8,9)10)15(11,12)13;;;;/h1-4,6-7H2,(H2,8,9,10)(H2,11,12,13);;;;/q;;3*+1/p-3. The predicted molar refractivity (Wildman–Crippen MR) is 53.0 cm³/mol. The molecule has 0 aromatic rings. The fraction of sp³-hybridized carbons (Fsp3) is 1.00. The summed E-state index contributed by atoms with van der Waals surface area (Å²) in [6, 6.07) is 0. The van der Waals surface area contributed by atoms with E-state index >= 15 is 0 Å². The van der Waals surface area contributed by atoms with Crippen LogP contribution in [0.25, 0.3) is 0 Å². The van der Waals surface area contributed by atoms with Gasteiger partial charge in [-0.3, -0.25) is 0 Å². The number of nitrogens with two attached hydrogens (primary N) is 2. The van der Waals surface area contributed by atoms with Crippen LogP contribution in [0.4, 0.5) is 0 Å². The first-order valence-corrected chi connectivity index (χ1v) is 7.23. The summed E-state index contributed by atoms with van der Waals surface area (Å²) in [6.07, 6.45) is -0.334. The third-order valence-electron chi connectivity index (χ3n) is 1.96. The van der Waals surface area contributed by atoms with Crippen LogP contribution in [-0.2, 0) is 9.13 Å². The summed E-state index contributed by atoms with van der Waals surface area (Å²) in [5.41, 5.74) is 10.0. The van der Waals surface area contributed by atoms with Crippen LogP contribution in [0.3, 0.4) is 0 Å². The van der Waals surface area contributed by atoms with E-state index in [1.165, 1.54) is 0 Å². The normalized spacial score (nSPS) is 16.3. The van der Waals surface area contributed by atoms with E-state index in [0.717, 1.165) is 0 Å². The monoisotopic (exact) mass is 351 g/mol. The summed E-state index contributed by atoms with van der Waals surface area (Å²) in [5.74, 6) is 0. The molecule has 1 radical (unpaired) electrons. The third-order valence-corrected chi connectivity index (χ3v) is 5.83. The molecule has 0 rings (SSSR count). The van der Waals surface area contributed by atoms with E-state index < -0.39 is 26.6 Å². The van der Waals surface area contributed by atoms with Crippen molar-refractivity contribution in [2.75, 3.05) is 6.54 Å². The van der Waals surface area contributed by atoms with E-state index in [-0.39, 0.29) is 131 Å². The number of unbranched alkanes of at least 4 members (excludes halogenated alkanes) is 1. The average Bonchev–Trinajstić information content (AvgIpc) is 2.00. The Hall–Kier alpha value is 4.22. The van der Waals surface area contributed by atoms with Crippen molar-refractivity contribution in [3.8, 4) is 0 Å².